The lowest BCUT2D eigenvalue weighted by molar-refractivity contribution is -0.0312. The molecule has 1 amide bonds. The Morgan fingerprint density at radius 1 is 1.53 bits per heavy atom. The lowest BCUT2D eigenvalue weighted by Gasteiger charge is -2.29. The molecular formula is C21H22FN5O3. The number of H-pyrrole nitrogens is 1. The van der Waals surface area contributed by atoms with Gasteiger partial charge in [-0.25, -0.2) is 4.39 Å². The third-order valence-electron chi connectivity index (χ3n) is 5.20. The van der Waals surface area contributed by atoms with Crippen LogP contribution in [0.2, 0.25) is 0 Å². The van der Waals surface area contributed by atoms with Gasteiger partial charge in [-0.1, -0.05) is 0 Å². The molecule has 0 spiro atoms. The lowest BCUT2D eigenvalue weighted by Crippen LogP contribution is -2.42. The summed E-state index contributed by atoms with van der Waals surface area (Å²) in [5.74, 6) is -0.519. The zero-order chi connectivity index (χ0) is 21.5. The molecule has 30 heavy (non-hydrogen) atoms. The van der Waals surface area contributed by atoms with Crippen molar-refractivity contribution in [3.63, 3.8) is 0 Å². The molecule has 0 bridgehead atoms. The molecule has 1 fully saturated rings. The molecule has 0 radical (unpaired) electrons. The van der Waals surface area contributed by atoms with Gasteiger partial charge >= 0.3 is 0 Å². The third kappa shape index (κ3) is 3.67. The number of carbonyl (C=O) groups is 1. The summed E-state index contributed by atoms with van der Waals surface area (Å²) in [5, 5.41) is 25.5. The van der Waals surface area contributed by atoms with Crippen molar-refractivity contribution in [2.75, 3.05) is 18.5 Å². The predicted octanol–water partition coefficient (Wildman–Crippen LogP) is 2.58. The number of nitrogens with one attached hydrogen (secondary N) is 3. The summed E-state index contributed by atoms with van der Waals surface area (Å²) >= 11 is 0. The van der Waals surface area contributed by atoms with Crippen LogP contribution < -0.4 is 10.6 Å². The molecule has 1 aliphatic rings. The molecule has 0 saturated carbocycles. The SMILES string of the molecule is CC(C)(O)C(F)CNC(=O)c1cnc2c([nH]c3cc(C#N)ccc32)c1N[C@H]1CCO1. The van der Waals surface area contributed by atoms with E-state index in [1.54, 1.807) is 18.2 Å². The Morgan fingerprint density at radius 3 is 2.93 bits per heavy atom. The van der Waals surface area contributed by atoms with Crippen LogP contribution in [0.5, 0.6) is 0 Å². The second-order valence-corrected chi connectivity index (χ2v) is 7.89. The maximum absolute atomic E-state index is 14.1. The first-order valence-corrected chi connectivity index (χ1v) is 9.65. The van der Waals surface area contributed by atoms with Crippen LogP contribution in [0, 0.1) is 11.3 Å². The van der Waals surface area contributed by atoms with Gasteiger partial charge in [-0.05, 0) is 32.0 Å². The second kappa shape index (κ2) is 7.55. The van der Waals surface area contributed by atoms with E-state index in [9.17, 15) is 14.3 Å². The van der Waals surface area contributed by atoms with Crippen LogP contribution >= 0.6 is 0 Å². The van der Waals surface area contributed by atoms with Crippen molar-refractivity contribution >= 4 is 33.5 Å². The average molecular weight is 411 g/mol. The molecule has 1 saturated heterocycles. The predicted molar refractivity (Wildman–Crippen MR) is 110 cm³/mol. The summed E-state index contributed by atoms with van der Waals surface area (Å²) in [5.41, 5.74) is 1.63. The molecule has 3 heterocycles. The normalized spacial score (nSPS) is 17.4. The number of nitrogens with zero attached hydrogens (tertiary/aromatic N) is 2. The van der Waals surface area contributed by atoms with Crippen molar-refractivity contribution in [3.05, 3.63) is 35.5 Å². The van der Waals surface area contributed by atoms with Gasteiger partial charge in [-0.3, -0.25) is 9.78 Å². The molecule has 8 nitrogen and oxygen atoms in total. The minimum Gasteiger partial charge on any atom is -0.387 e. The van der Waals surface area contributed by atoms with Gasteiger partial charge in [0, 0.05) is 23.5 Å². The number of benzene rings is 1. The maximum atomic E-state index is 14.1. The monoisotopic (exact) mass is 411 g/mol. The van der Waals surface area contributed by atoms with E-state index in [1.807, 2.05) is 0 Å². The fourth-order valence-electron chi connectivity index (χ4n) is 3.26. The standard InChI is InChI=1S/C21H22FN5O3/c1-21(2,29)15(22)10-25-20(28)13-9-24-17-12-4-3-11(8-23)7-14(12)26-19(17)18(13)27-16-5-6-30-16/h3-4,7,9,15-16,26,29H,5-6,10H2,1-2H3,(H,24,27)(H,25,28)/t15?,16-/m1/s1. The van der Waals surface area contributed by atoms with Crippen molar-refractivity contribution in [2.24, 2.45) is 0 Å². The fourth-order valence-corrected chi connectivity index (χ4v) is 3.26. The molecule has 4 rings (SSSR count). The largest absolute Gasteiger partial charge is 0.387 e. The molecule has 156 valence electrons. The highest BCUT2D eigenvalue weighted by Gasteiger charge is 2.28. The Morgan fingerprint density at radius 2 is 2.30 bits per heavy atom. The highest BCUT2D eigenvalue weighted by molar-refractivity contribution is 6.13. The van der Waals surface area contributed by atoms with Crippen molar-refractivity contribution in [2.45, 2.75) is 38.3 Å². The van der Waals surface area contributed by atoms with Crippen LogP contribution in [0.15, 0.2) is 24.4 Å². The van der Waals surface area contributed by atoms with Gasteiger partial charge in [0.25, 0.3) is 5.91 Å². The van der Waals surface area contributed by atoms with Crippen molar-refractivity contribution in [1.29, 1.82) is 5.26 Å². The van der Waals surface area contributed by atoms with E-state index in [0.29, 0.717) is 28.9 Å². The van der Waals surface area contributed by atoms with Crippen LogP contribution in [-0.2, 0) is 4.74 Å². The first-order valence-electron chi connectivity index (χ1n) is 9.65. The van der Waals surface area contributed by atoms with E-state index < -0.39 is 17.7 Å². The lowest BCUT2D eigenvalue weighted by atomic mass is 10.0. The zero-order valence-electron chi connectivity index (χ0n) is 16.6. The van der Waals surface area contributed by atoms with Crippen LogP contribution in [0.1, 0.15) is 36.2 Å². The van der Waals surface area contributed by atoms with E-state index in [1.165, 1.54) is 20.0 Å². The smallest absolute Gasteiger partial charge is 0.255 e. The van der Waals surface area contributed by atoms with E-state index in [0.717, 1.165) is 17.3 Å². The first-order chi connectivity index (χ1) is 14.3. The molecule has 9 heteroatoms. The third-order valence-corrected chi connectivity index (χ3v) is 5.20. The first kappa shape index (κ1) is 20.1. The summed E-state index contributed by atoms with van der Waals surface area (Å²) in [6.45, 7) is 2.98. The Hall–Kier alpha value is -3.22. The van der Waals surface area contributed by atoms with E-state index in [-0.39, 0.29) is 18.3 Å². The molecule has 1 aliphatic heterocycles. The number of amides is 1. The van der Waals surface area contributed by atoms with Gasteiger partial charge in [0.15, 0.2) is 0 Å². The highest BCUT2D eigenvalue weighted by Crippen LogP contribution is 2.33. The number of halogens is 1. The van der Waals surface area contributed by atoms with Gasteiger partial charge in [0.1, 0.15) is 12.4 Å². The number of pyridine rings is 1. The minimum atomic E-state index is -1.62. The minimum absolute atomic E-state index is 0.230. The number of nitriles is 1. The Balaban J connectivity index is 1.74. The molecular weight excluding hydrogens is 389 g/mol. The van der Waals surface area contributed by atoms with Gasteiger partial charge in [-0.15, -0.1) is 0 Å². The van der Waals surface area contributed by atoms with E-state index in [2.05, 4.69) is 26.7 Å². The van der Waals surface area contributed by atoms with Crippen molar-refractivity contribution in [3.8, 4) is 6.07 Å². The number of fused-ring (bicyclic) bond motifs is 3. The number of hydrogen-bond acceptors (Lipinski definition) is 6. The highest BCUT2D eigenvalue weighted by atomic mass is 19.1. The Kier molecular flexibility index (Phi) is 5.05. The maximum Gasteiger partial charge on any atom is 0.255 e. The zero-order valence-corrected chi connectivity index (χ0v) is 16.6. The number of carbonyl (C=O) groups excluding carboxylic acids is 1. The number of rotatable bonds is 6. The number of aliphatic hydroxyl groups is 1. The summed E-state index contributed by atoms with van der Waals surface area (Å²) in [6, 6.07) is 7.33. The number of aromatic nitrogens is 2. The van der Waals surface area contributed by atoms with Crippen LogP contribution in [0.4, 0.5) is 10.1 Å². The quantitative estimate of drug-likeness (QED) is 0.494. The summed E-state index contributed by atoms with van der Waals surface area (Å²) in [4.78, 5) is 20.5. The molecule has 4 N–H and O–H groups in total. The number of hydrogen-bond donors (Lipinski definition) is 4. The van der Waals surface area contributed by atoms with Crippen molar-refractivity contribution in [1.82, 2.24) is 15.3 Å². The van der Waals surface area contributed by atoms with E-state index in [4.69, 9.17) is 10.00 Å². The van der Waals surface area contributed by atoms with E-state index >= 15 is 0 Å². The van der Waals surface area contributed by atoms with Crippen LogP contribution in [0.3, 0.4) is 0 Å². The van der Waals surface area contributed by atoms with Crippen molar-refractivity contribution < 1.29 is 19.0 Å². The number of aromatic amines is 1. The van der Waals surface area contributed by atoms with Gasteiger partial charge in [0.05, 0.1) is 52.7 Å². The van der Waals surface area contributed by atoms with Gasteiger partial charge in [0.2, 0.25) is 0 Å². The number of ether oxygens (including phenoxy) is 1. The number of alkyl halides is 1. The Bertz CT molecular complexity index is 1160. The summed E-state index contributed by atoms with van der Waals surface area (Å²) in [7, 11) is 0. The topological polar surface area (TPSA) is 123 Å². The molecule has 2 atom stereocenters. The van der Waals surface area contributed by atoms with Crippen LogP contribution in [-0.4, -0.2) is 52.1 Å². The molecule has 0 aliphatic carbocycles. The van der Waals surface area contributed by atoms with Crippen LogP contribution in [0.25, 0.3) is 21.9 Å². The summed E-state index contributed by atoms with van der Waals surface area (Å²) in [6.07, 6.45) is 0.353. The molecule has 1 aromatic carbocycles. The average Bonchev–Trinajstić information content (AvgIpc) is 3.05. The second-order valence-electron chi connectivity index (χ2n) is 7.89. The fraction of sp³-hybridized carbons (Fsp3) is 0.381. The van der Waals surface area contributed by atoms with Gasteiger partial charge in [-0.2, -0.15) is 5.26 Å². The summed E-state index contributed by atoms with van der Waals surface area (Å²) < 4.78 is 19.5. The molecule has 3 aromatic rings. The van der Waals surface area contributed by atoms with Gasteiger partial charge < -0.3 is 25.5 Å². The number of anilines is 1. The molecule has 2 aromatic heterocycles. The Labute approximate surface area is 172 Å². The molecule has 1 unspecified atom stereocenters.